The van der Waals surface area contributed by atoms with Crippen molar-refractivity contribution < 1.29 is 9.13 Å². The molecule has 1 aromatic heterocycles. The van der Waals surface area contributed by atoms with Crippen LogP contribution < -0.4 is 9.64 Å². The van der Waals surface area contributed by atoms with Crippen molar-refractivity contribution in [3.63, 3.8) is 0 Å². The van der Waals surface area contributed by atoms with Gasteiger partial charge in [0, 0.05) is 12.1 Å². The molecule has 3 nitrogen and oxygen atoms in total. The molecule has 0 aliphatic carbocycles. The third-order valence-corrected chi connectivity index (χ3v) is 2.82. The van der Waals surface area contributed by atoms with E-state index in [4.69, 9.17) is 16.3 Å². The maximum absolute atomic E-state index is 13.0. The average Bonchev–Trinajstić information content (AvgIpc) is 2.38. The standard InChI is InChI=1S/C14H14ClFN2O/c1-18(14-7-3-6-13(16)17-14)8-9-19-12-5-2-4-11(15)10-12/h2-7,10H,8-9H2,1H3. The summed E-state index contributed by atoms with van der Waals surface area (Å²) in [6.45, 7) is 1.07. The zero-order valence-electron chi connectivity index (χ0n) is 10.5. The molecule has 0 N–H and O–H groups in total. The molecule has 0 saturated carbocycles. The van der Waals surface area contributed by atoms with Gasteiger partial charge in [-0.05, 0) is 30.3 Å². The Morgan fingerprint density at radius 2 is 2.05 bits per heavy atom. The minimum Gasteiger partial charge on any atom is -0.492 e. The number of ether oxygens (including phenoxy) is 1. The minimum absolute atomic E-state index is 0.467. The summed E-state index contributed by atoms with van der Waals surface area (Å²) < 4.78 is 18.5. The number of likely N-dealkylation sites (N-methyl/N-ethyl adjacent to an activating group) is 1. The van der Waals surface area contributed by atoms with Crippen LogP contribution >= 0.6 is 11.6 Å². The van der Waals surface area contributed by atoms with E-state index in [-0.39, 0.29) is 0 Å². The zero-order valence-corrected chi connectivity index (χ0v) is 11.3. The van der Waals surface area contributed by atoms with Gasteiger partial charge < -0.3 is 9.64 Å². The Morgan fingerprint density at radius 3 is 2.79 bits per heavy atom. The van der Waals surface area contributed by atoms with E-state index in [1.54, 1.807) is 24.3 Å². The SMILES string of the molecule is CN(CCOc1cccc(Cl)c1)c1cccc(F)n1. The lowest BCUT2D eigenvalue weighted by molar-refractivity contribution is 0.325. The summed E-state index contributed by atoms with van der Waals surface area (Å²) in [7, 11) is 1.84. The molecule has 0 spiro atoms. The molecule has 0 amide bonds. The van der Waals surface area contributed by atoms with Crippen LogP contribution in [0, 0.1) is 5.95 Å². The van der Waals surface area contributed by atoms with E-state index < -0.39 is 5.95 Å². The van der Waals surface area contributed by atoms with E-state index in [1.165, 1.54) is 6.07 Å². The minimum atomic E-state index is -0.486. The molecule has 2 rings (SSSR count). The smallest absolute Gasteiger partial charge is 0.214 e. The first-order valence-corrected chi connectivity index (χ1v) is 6.25. The highest BCUT2D eigenvalue weighted by atomic mass is 35.5. The quantitative estimate of drug-likeness (QED) is 0.785. The number of hydrogen-bond acceptors (Lipinski definition) is 3. The summed E-state index contributed by atoms with van der Waals surface area (Å²) in [4.78, 5) is 5.62. The fourth-order valence-electron chi connectivity index (χ4n) is 1.58. The number of aromatic nitrogens is 1. The van der Waals surface area contributed by atoms with E-state index in [0.717, 1.165) is 0 Å². The topological polar surface area (TPSA) is 25.4 Å². The van der Waals surface area contributed by atoms with Crippen molar-refractivity contribution in [1.29, 1.82) is 0 Å². The number of benzene rings is 1. The average molecular weight is 281 g/mol. The second-order valence-corrected chi connectivity index (χ2v) is 4.48. The number of anilines is 1. The molecule has 0 unspecified atom stereocenters. The zero-order chi connectivity index (χ0) is 13.7. The summed E-state index contributed by atoms with van der Waals surface area (Å²) >= 11 is 5.86. The summed E-state index contributed by atoms with van der Waals surface area (Å²) in [5, 5.41) is 0.637. The lowest BCUT2D eigenvalue weighted by atomic mass is 10.3. The molecule has 0 aliphatic heterocycles. The highest BCUT2D eigenvalue weighted by molar-refractivity contribution is 6.30. The van der Waals surface area contributed by atoms with E-state index in [2.05, 4.69) is 4.98 Å². The van der Waals surface area contributed by atoms with Crippen molar-refractivity contribution in [2.24, 2.45) is 0 Å². The van der Waals surface area contributed by atoms with Gasteiger partial charge in [-0.25, -0.2) is 4.98 Å². The molecule has 0 aliphatic rings. The number of halogens is 2. The summed E-state index contributed by atoms with van der Waals surface area (Å²) in [6, 6.07) is 11.9. The number of hydrogen-bond donors (Lipinski definition) is 0. The highest BCUT2D eigenvalue weighted by Crippen LogP contribution is 2.17. The molecular formula is C14H14ClFN2O. The largest absolute Gasteiger partial charge is 0.492 e. The van der Waals surface area contributed by atoms with E-state index in [1.807, 2.05) is 24.1 Å². The molecule has 2 aromatic rings. The molecule has 0 bridgehead atoms. The predicted molar refractivity (Wildman–Crippen MR) is 74.4 cm³/mol. The number of pyridine rings is 1. The van der Waals surface area contributed by atoms with Gasteiger partial charge in [0.1, 0.15) is 18.2 Å². The molecule has 1 aromatic carbocycles. The molecule has 0 radical (unpaired) electrons. The Balaban J connectivity index is 1.85. The first-order valence-electron chi connectivity index (χ1n) is 5.87. The van der Waals surface area contributed by atoms with Crippen LogP contribution in [0.2, 0.25) is 5.02 Å². The molecular weight excluding hydrogens is 267 g/mol. The highest BCUT2D eigenvalue weighted by Gasteiger charge is 2.03. The Hall–Kier alpha value is -1.81. The van der Waals surface area contributed by atoms with Gasteiger partial charge in [0.2, 0.25) is 5.95 Å². The molecule has 5 heteroatoms. The second kappa shape index (κ2) is 6.38. The molecule has 0 fully saturated rings. The van der Waals surface area contributed by atoms with Gasteiger partial charge in [-0.15, -0.1) is 0 Å². The lowest BCUT2D eigenvalue weighted by Crippen LogP contribution is -2.24. The monoisotopic (exact) mass is 280 g/mol. The first kappa shape index (κ1) is 13.6. The molecule has 0 saturated heterocycles. The third kappa shape index (κ3) is 4.10. The van der Waals surface area contributed by atoms with Crippen molar-refractivity contribution in [2.45, 2.75) is 0 Å². The van der Waals surface area contributed by atoms with Crippen LogP contribution in [-0.4, -0.2) is 25.2 Å². The summed E-state index contributed by atoms with van der Waals surface area (Å²) in [5.74, 6) is 0.808. The molecule has 19 heavy (non-hydrogen) atoms. The Bertz CT molecular complexity index is 550. The second-order valence-electron chi connectivity index (χ2n) is 4.05. The van der Waals surface area contributed by atoms with Crippen molar-refractivity contribution >= 4 is 17.4 Å². The van der Waals surface area contributed by atoms with Crippen molar-refractivity contribution in [2.75, 3.05) is 25.1 Å². The van der Waals surface area contributed by atoms with Gasteiger partial charge in [-0.2, -0.15) is 4.39 Å². The van der Waals surface area contributed by atoms with Crippen LogP contribution in [0.25, 0.3) is 0 Å². The van der Waals surface area contributed by atoms with Crippen LogP contribution in [-0.2, 0) is 0 Å². The van der Waals surface area contributed by atoms with Gasteiger partial charge >= 0.3 is 0 Å². The van der Waals surface area contributed by atoms with Gasteiger partial charge in [0.05, 0.1) is 6.54 Å². The molecule has 100 valence electrons. The number of rotatable bonds is 5. The number of nitrogens with zero attached hydrogens (tertiary/aromatic N) is 2. The van der Waals surface area contributed by atoms with Gasteiger partial charge in [0.15, 0.2) is 0 Å². The summed E-state index contributed by atoms with van der Waals surface area (Å²) in [5.41, 5.74) is 0. The van der Waals surface area contributed by atoms with Crippen LogP contribution in [0.3, 0.4) is 0 Å². The van der Waals surface area contributed by atoms with E-state index in [9.17, 15) is 4.39 Å². The molecule has 1 heterocycles. The summed E-state index contributed by atoms with van der Waals surface area (Å²) in [6.07, 6.45) is 0. The van der Waals surface area contributed by atoms with Crippen molar-refractivity contribution in [3.8, 4) is 5.75 Å². The van der Waals surface area contributed by atoms with Gasteiger partial charge in [-0.3, -0.25) is 0 Å². The van der Waals surface area contributed by atoms with Gasteiger partial charge in [-0.1, -0.05) is 23.7 Å². The maximum atomic E-state index is 13.0. The fourth-order valence-corrected chi connectivity index (χ4v) is 1.76. The lowest BCUT2D eigenvalue weighted by Gasteiger charge is -2.18. The Labute approximate surface area is 116 Å². The van der Waals surface area contributed by atoms with Gasteiger partial charge in [0.25, 0.3) is 0 Å². The third-order valence-electron chi connectivity index (χ3n) is 2.58. The Kier molecular flexibility index (Phi) is 4.58. The van der Waals surface area contributed by atoms with Crippen LogP contribution in [0.15, 0.2) is 42.5 Å². The predicted octanol–water partition coefficient (Wildman–Crippen LogP) is 3.39. The van der Waals surface area contributed by atoms with Crippen LogP contribution in [0.4, 0.5) is 10.2 Å². The van der Waals surface area contributed by atoms with Crippen LogP contribution in [0.5, 0.6) is 5.75 Å². The fraction of sp³-hybridized carbons (Fsp3) is 0.214. The van der Waals surface area contributed by atoms with E-state index in [0.29, 0.717) is 29.7 Å². The first-order chi connectivity index (χ1) is 9.15. The van der Waals surface area contributed by atoms with Crippen LogP contribution in [0.1, 0.15) is 0 Å². The van der Waals surface area contributed by atoms with Crippen molar-refractivity contribution in [1.82, 2.24) is 4.98 Å². The normalized spacial score (nSPS) is 10.3. The van der Waals surface area contributed by atoms with E-state index >= 15 is 0 Å². The molecule has 0 atom stereocenters. The maximum Gasteiger partial charge on any atom is 0.214 e. The Morgan fingerprint density at radius 1 is 1.26 bits per heavy atom. The van der Waals surface area contributed by atoms with Crippen molar-refractivity contribution in [3.05, 3.63) is 53.4 Å².